The van der Waals surface area contributed by atoms with E-state index in [1.165, 1.54) is 11.1 Å². The Kier molecular flexibility index (Phi) is 7.14. The molecule has 0 saturated heterocycles. The number of ether oxygens (including phenoxy) is 3. The summed E-state index contributed by atoms with van der Waals surface area (Å²) in [6.07, 6.45) is 1.90. The van der Waals surface area contributed by atoms with Crippen LogP contribution in [0, 0.1) is 0 Å². The van der Waals surface area contributed by atoms with E-state index < -0.39 is 0 Å². The van der Waals surface area contributed by atoms with Crippen molar-refractivity contribution in [3.8, 4) is 17.2 Å². The lowest BCUT2D eigenvalue weighted by Gasteiger charge is -2.21. The highest BCUT2D eigenvalue weighted by Gasteiger charge is 2.11. The Bertz CT molecular complexity index is 672. The van der Waals surface area contributed by atoms with Crippen LogP contribution in [0.2, 0.25) is 0 Å². The molecular formula is C21H29NO3. The molecule has 4 heteroatoms. The molecule has 0 aliphatic rings. The van der Waals surface area contributed by atoms with Crippen LogP contribution in [-0.2, 0) is 12.8 Å². The van der Waals surface area contributed by atoms with E-state index in [9.17, 15) is 0 Å². The number of methoxy groups -OCH3 is 3. The molecular weight excluding hydrogens is 314 g/mol. The van der Waals surface area contributed by atoms with Gasteiger partial charge in [0.15, 0.2) is 11.5 Å². The predicted octanol–water partition coefficient (Wildman–Crippen LogP) is 3.86. The van der Waals surface area contributed by atoms with Gasteiger partial charge in [0.1, 0.15) is 5.75 Å². The van der Waals surface area contributed by atoms with E-state index in [1.807, 2.05) is 24.3 Å². The standard InChI is InChI=1S/C21H29NO3/c1-15(11-17-7-6-8-19(13-17)23-3)22-16(2)12-18-9-10-20(24-4)21(14-18)25-5/h6-10,13-16,22H,11-12H2,1-5H3. The van der Waals surface area contributed by atoms with Crippen molar-refractivity contribution in [1.29, 1.82) is 0 Å². The van der Waals surface area contributed by atoms with Crippen molar-refractivity contribution in [1.82, 2.24) is 5.32 Å². The van der Waals surface area contributed by atoms with Crippen LogP contribution in [-0.4, -0.2) is 33.4 Å². The quantitative estimate of drug-likeness (QED) is 0.750. The minimum atomic E-state index is 0.360. The van der Waals surface area contributed by atoms with Crippen LogP contribution < -0.4 is 19.5 Å². The minimum Gasteiger partial charge on any atom is -0.497 e. The molecule has 0 bridgehead atoms. The van der Waals surface area contributed by atoms with Crippen LogP contribution in [0.15, 0.2) is 42.5 Å². The molecule has 2 unspecified atom stereocenters. The highest BCUT2D eigenvalue weighted by molar-refractivity contribution is 5.43. The smallest absolute Gasteiger partial charge is 0.160 e. The lowest BCUT2D eigenvalue weighted by atomic mass is 10.0. The van der Waals surface area contributed by atoms with E-state index in [0.29, 0.717) is 12.1 Å². The summed E-state index contributed by atoms with van der Waals surface area (Å²) in [5.74, 6) is 2.44. The van der Waals surface area contributed by atoms with Crippen molar-refractivity contribution in [3.63, 3.8) is 0 Å². The number of hydrogen-bond donors (Lipinski definition) is 1. The molecule has 2 aromatic rings. The second kappa shape index (κ2) is 9.33. The maximum absolute atomic E-state index is 5.38. The summed E-state index contributed by atoms with van der Waals surface area (Å²) >= 11 is 0. The van der Waals surface area contributed by atoms with Crippen LogP contribution in [0.1, 0.15) is 25.0 Å². The molecule has 2 rings (SSSR count). The van der Waals surface area contributed by atoms with E-state index in [-0.39, 0.29) is 0 Å². The largest absolute Gasteiger partial charge is 0.497 e. The van der Waals surface area contributed by atoms with Gasteiger partial charge in [0.2, 0.25) is 0 Å². The number of hydrogen-bond acceptors (Lipinski definition) is 4. The Labute approximate surface area is 151 Å². The van der Waals surface area contributed by atoms with Gasteiger partial charge in [0.25, 0.3) is 0 Å². The Morgan fingerprint density at radius 3 is 2.00 bits per heavy atom. The van der Waals surface area contributed by atoms with Crippen molar-refractivity contribution >= 4 is 0 Å². The van der Waals surface area contributed by atoms with Crippen LogP contribution >= 0.6 is 0 Å². The zero-order valence-corrected chi connectivity index (χ0v) is 15.8. The molecule has 0 fully saturated rings. The summed E-state index contributed by atoms with van der Waals surface area (Å²) in [6.45, 7) is 4.42. The monoisotopic (exact) mass is 343 g/mol. The molecule has 0 aliphatic heterocycles. The Hall–Kier alpha value is -2.20. The van der Waals surface area contributed by atoms with Crippen molar-refractivity contribution in [2.24, 2.45) is 0 Å². The third-order valence-corrected chi connectivity index (χ3v) is 4.23. The first-order valence-electron chi connectivity index (χ1n) is 8.65. The molecule has 4 nitrogen and oxygen atoms in total. The van der Waals surface area contributed by atoms with Crippen molar-refractivity contribution in [2.75, 3.05) is 21.3 Å². The zero-order chi connectivity index (χ0) is 18.2. The lowest BCUT2D eigenvalue weighted by Crippen LogP contribution is -2.37. The average Bonchev–Trinajstić information content (AvgIpc) is 2.61. The van der Waals surface area contributed by atoms with Crippen molar-refractivity contribution in [2.45, 2.75) is 38.8 Å². The van der Waals surface area contributed by atoms with Gasteiger partial charge in [-0.15, -0.1) is 0 Å². The van der Waals surface area contributed by atoms with Crippen LogP contribution in [0.5, 0.6) is 17.2 Å². The zero-order valence-electron chi connectivity index (χ0n) is 15.8. The van der Waals surface area contributed by atoms with E-state index >= 15 is 0 Å². The number of rotatable bonds is 9. The average molecular weight is 343 g/mol. The summed E-state index contributed by atoms with van der Waals surface area (Å²) < 4.78 is 16.0. The Balaban J connectivity index is 1.91. The molecule has 0 radical (unpaired) electrons. The molecule has 2 aromatic carbocycles. The van der Waals surface area contributed by atoms with Gasteiger partial charge in [-0.2, -0.15) is 0 Å². The molecule has 25 heavy (non-hydrogen) atoms. The summed E-state index contributed by atoms with van der Waals surface area (Å²) in [6, 6.07) is 15.1. The maximum Gasteiger partial charge on any atom is 0.160 e. The van der Waals surface area contributed by atoms with Gasteiger partial charge in [-0.25, -0.2) is 0 Å². The third-order valence-electron chi connectivity index (χ3n) is 4.23. The van der Waals surface area contributed by atoms with E-state index in [0.717, 1.165) is 30.1 Å². The van der Waals surface area contributed by atoms with Gasteiger partial charge in [-0.05, 0) is 62.1 Å². The first kappa shape index (κ1) is 19.1. The molecule has 0 aromatic heterocycles. The van der Waals surface area contributed by atoms with Gasteiger partial charge < -0.3 is 19.5 Å². The first-order valence-corrected chi connectivity index (χ1v) is 8.65. The summed E-state index contributed by atoms with van der Waals surface area (Å²) in [5.41, 5.74) is 2.50. The minimum absolute atomic E-state index is 0.360. The summed E-state index contributed by atoms with van der Waals surface area (Å²) in [4.78, 5) is 0. The highest BCUT2D eigenvalue weighted by atomic mass is 16.5. The van der Waals surface area contributed by atoms with Crippen molar-refractivity contribution in [3.05, 3.63) is 53.6 Å². The van der Waals surface area contributed by atoms with Gasteiger partial charge >= 0.3 is 0 Å². The molecule has 2 atom stereocenters. The SMILES string of the molecule is COc1cccc(CC(C)NC(C)Cc2ccc(OC)c(OC)c2)c1. The van der Waals surface area contributed by atoms with Crippen LogP contribution in [0.4, 0.5) is 0 Å². The molecule has 0 amide bonds. The summed E-state index contributed by atoms with van der Waals surface area (Å²) in [7, 11) is 5.02. The fraction of sp³-hybridized carbons (Fsp3) is 0.429. The predicted molar refractivity (Wildman–Crippen MR) is 102 cm³/mol. The van der Waals surface area contributed by atoms with Gasteiger partial charge in [-0.1, -0.05) is 18.2 Å². The van der Waals surface area contributed by atoms with Gasteiger partial charge in [0.05, 0.1) is 21.3 Å². The third kappa shape index (κ3) is 5.68. The normalized spacial score (nSPS) is 13.2. The summed E-state index contributed by atoms with van der Waals surface area (Å²) in [5, 5.41) is 3.67. The maximum atomic E-state index is 5.38. The van der Waals surface area contributed by atoms with E-state index in [2.05, 4.69) is 37.4 Å². The van der Waals surface area contributed by atoms with Crippen LogP contribution in [0.3, 0.4) is 0 Å². The van der Waals surface area contributed by atoms with Gasteiger partial charge in [0, 0.05) is 12.1 Å². The fourth-order valence-corrected chi connectivity index (χ4v) is 3.12. The lowest BCUT2D eigenvalue weighted by molar-refractivity contribution is 0.354. The molecule has 0 aliphatic carbocycles. The second-order valence-electron chi connectivity index (χ2n) is 6.42. The number of benzene rings is 2. The molecule has 1 N–H and O–H groups in total. The van der Waals surface area contributed by atoms with E-state index in [1.54, 1.807) is 21.3 Å². The molecule has 0 spiro atoms. The molecule has 136 valence electrons. The van der Waals surface area contributed by atoms with Gasteiger partial charge in [-0.3, -0.25) is 0 Å². The molecule has 0 saturated carbocycles. The fourth-order valence-electron chi connectivity index (χ4n) is 3.12. The first-order chi connectivity index (χ1) is 12.0. The Morgan fingerprint density at radius 2 is 1.40 bits per heavy atom. The highest BCUT2D eigenvalue weighted by Crippen LogP contribution is 2.28. The topological polar surface area (TPSA) is 39.7 Å². The Morgan fingerprint density at radius 1 is 0.760 bits per heavy atom. The number of nitrogens with one attached hydrogen (secondary N) is 1. The van der Waals surface area contributed by atoms with E-state index in [4.69, 9.17) is 14.2 Å². The second-order valence-corrected chi connectivity index (χ2v) is 6.42. The van der Waals surface area contributed by atoms with Crippen molar-refractivity contribution < 1.29 is 14.2 Å². The molecule has 0 heterocycles. The van der Waals surface area contributed by atoms with Crippen LogP contribution in [0.25, 0.3) is 0 Å².